The molecule has 1 fully saturated rings. The monoisotopic (exact) mass is 490 g/mol. The zero-order chi connectivity index (χ0) is 18.4. The minimum absolute atomic E-state index is 0. The van der Waals surface area contributed by atoms with Gasteiger partial charge in [-0.15, -0.1) is 24.0 Å². The summed E-state index contributed by atoms with van der Waals surface area (Å²) in [6, 6.07) is 7.75. The number of halogens is 1. The highest BCUT2D eigenvalue weighted by Gasteiger charge is 2.28. The van der Waals surface area contributed by atoms with Gasteiger partial charge in [-0.05, 0) is 26.0 Å². The molecule has 1 aromatic carbocycles. The van der Waals surface area contributed by atoms with Crippen LogP contribution in [0.25, 0.3) is 0 Å². The minimum Gasteiger partial charge on any atom is -0.486 e. The van der Waals surface area contributed by atoms with Crippen molar-refractivity contribution in [2.75, 3.05) is 53.0 Å². The molecule has 2 aliphatic heterocycles. The number of guanidine groups is 1. The Kier molecular flexibility index (Phi) is 8.43. The summed E-state index contributed by atoms with van der Waals surface area (Å²) in [5, 5.41) is 6.76. The molecule has 0 bridgehead atoms. The number of nitrogens with one attached hydrogen (secondary N) is 2. The number of aliphatic imine (C=N–C) groups is 1. The first-order chi connectivity index (χ1) is 12.6. The third kappa shape index (κ3) is 6.11. The van der Waals surface area contributed by atoms with Crippen LogP contribution in [0.1, 0.15) is 13.8 Å². The van der Waals surface area contributed by atoms with Gasteiger partial charge in [0.25, 0.3) is 0 Å². The second-order valence-corrected chi connectivity index (χ2v) is 7.22. The third-order valence-electron chi connectivity index (χ3n) is 4.84. The summed E-state index contributed by atoms with van der Waals surface area (Å²) in [7, 11) is 1.78. The van der Waals surface area contributed by atoms with E-state index in [0.717, 1.165) is 50.3 Å². The van der Waals surface area contributed by atoms with Gasteiger partial charge in [0.05, 0.1) is 19.8 Å². The van der Waals surface area contributed by atoms with Gasteiger partial charge in [-0.1, -0.05) is 12.1 Å². The van der Waals surface area contributed by atoms with Crippen LogP contribution in [0.15, 0.2) is 29.3 Å². The number of hydrogen-bond donors (Lipinski definition) is 2. The van der Waals surface area contributed by atoms with Crippen LogP contribution >= 0.6 is 24.0 Å². The first-order valence-corrected chi connectivity index (χ1v) is 9.24. The first-order valence-electron chi connectivity index (χ1n) is 9.24. The van der Waals surface area contributed by atoms with Crippen molar-refractivity contribution in [3.63, 3.8) is 0 Å². The molecule has 0 aliphatic carbocycles. The van der Waals surface area contributed by atoms with Gasteiger partial charge in [0.1, 0.15) is 12.7 Å². The second-order valence-electron chi connectivity index (χ2n) is 7.22. The standard InChI is InChI=1S/C19H30N4O3.HI/c1-19(2,23-8-10-24-11-9-23)14-22-18(20-3)21-12-15-13-25-16-6-4-5-7-17(16)26-15;/h4-7,15H,8-14H2,1-3H3,(H2,20,21,22);1H. The maximum atomic E-state index is 5.98. The number of fused-ring (bicyclic) bond motifs is 1. The maximum absolute atomic E-state index is 5.98. The molecule has 0 saturated carbocycles. The highest BCUT2D eigenvalue weighted by Crippen LogP contribution is 2.30. The summed E-state index contributed by atoms with van der Waals surface area (Å²) in [4.78, 5) is 6.77. The minimum atomic E-state index is -0.0456. The van der Waals surface area contributed by atoms with E-state index in [-0.39, 0.29) is 35.6 Å². The molecule has 3 rings (SSSR count). The summed E-state index contributed by atoms with van der Waals surface area (Å²) < 4.78 is 17.2. The normalized spacial score (nSPS) is 20.6. The van der Waals surface area contributed by atoms with Gasteiger partial charge in [-0.2, -0.15) is 0 Å². The van der Waals surface area contributed by atoms with Gasteiger partial charge in [0.15, 0.2) is 17.5 Å². The molecule has 1 saturated heterocycles. The number of hydrogen-bond acceptors (Lipinski definition) is 5. The van der Waals surface area contributed by atoms with Crippen molar-refractivity contribution in [1.82, 2.24) is 15.5 Å². The van der Waals surface area contributed by atoms with Crippen molar-refractivity contribution in [3.05, 3.63) is 24.3 Å². The van der Waals surface area contributed by atoms with E-state index in [2.05, 4.69) is 34.4 Å². The zero-order valence-electron chi connectivity index (χ0n) is 16.4. The molecule has 2 N–H and O–H groups in total. The van der Waals surface area contributed by atoms with Crippen LogP contribution in [0.3, 0.4) is 0 Å². The summed E-state index contributed by atoms with van der Waals surface area (Å²) in [6.45, 7) is 9.99. The summed E-state index contributed by atoms with van der Waals surface area (Å²) >= 11 is 0. The van der Waals surface area contributed by atoms with Crippen molar-refractivity contribution in [3.8, 4) is 11.5 Å². The van der Waals surface area contributed by atoms with Gasteiger partial charge >= 0.3 is 0 Å². The number of benzene rings is 1. The highest BCUT2D eigenvalue weighted by molar-refractivity contribution is 14.0. The molecular weight excluding hydrogens is 459 g/mol. The predicted octanol–water partition coefficient (Wildman–Crippen LogP) is 1.72. The SMILES string of the molecule is CN=C(NCC1COc2ccccc2O1)NCC(C)(C)N1CCOCC1.I. The van der Waals surface area contributed by atoms with Crippen LogP contribution in [-0.4, -0.2) is 75.5 Å². The number of morpholine rings is 1. The lowest BCUT2D eigenvalue weighted by molar-refractivity contribution is -0.00835. The Morgan fingerprint density at radius 3 is 2.59 bits per heavy atom. The van der Waals surface area contributed by atoms with Crippen molar-refractivity contribution in [2.45, 2.75) is 25.5 Å². The molecule has 0 amide bonds. The Morgan fingerprint density at radius 2 is 1.89 bits per heavy atom. The quantitative estimate of drug-likeness (QED) is 0.373. The van der Waals surface area contributed by atoms with E-state index < -0.39 is 0 Å². The summed E-state index contributed by atoms with van der Waals surface area (Å²) in [6.07, 6.45) is -0.0456. The Labute approximate surface area is 178 Å². The topological polar surface area (TPSA) is 67.4 Å². The van der Waals surface area contributed by atoms with Crippen LogP contribution in [0.2, 0.25) is 0 Å². The van der Waals surface area contributed by atoms with Gasteiger partial charge in [0, 0.05) is 32.2 Å². The fraction of sp³-hybridized carbons (Fsp3) is 0.632. The van der Waals surface area contributed by atoms with Crippen molar-refractivity contribution >= 4 is 29.9 Å². The second kappa shape index (κ2) is 10.3. The maximum Gasteiger partial charge on any atom is 0.191 e. The van der Waals surface area contributed by atoms with E-state index in [1.165, 1.54) is 0 Å². The Bertz CT molecular complexity index is 621. The van der Waals surface area contributed by atoms with E-state index in [1.807, 2.05) is 24.3 Å². The number of ether oxygens (including phenoxy) is 3. The van der Waals surface area contributed by atoms with Gasteiger partial charge < -0.3 is 24.8 Å². The van der Waals surface area contributed by atoms with Gasteiger partial charge in [0.2, 0.25) is 0 Å². The highest BCUT2D eigenvalue weighted by atomic mass is 127. The molecule has 0 aromatic heterocycles. The summed E-state index contributed by atoms with van der Waals surface area (Å²) in [5.41, 5.74) is 0.0325. The number of para-hydroxylation sites is 2. The fourth-order valence-corrected chi connectivity index (χ4v) is 3.18. The number of nitrogens with zero attached hydrogens (tertiary/aromatic N) is 2. The average molecular weight is 490 g/mol. The summed E-state index contributed by atoms with van der Waals surface area (Å²) in [5.74, 6) is 2.37. The molecule has 27 heavy (non-hydrogen) atoms. The molecule has 2 aliphatic rings. The molecule has 2 heterocycles. The van der Waals surface area contributed by atoms with Crippen molar-refractivity contribution in [1.29, 1.82) is 0 Å². The molecule has 1 aromatic rings. The lowest BCUT2D eigenvalue weighted by Gasteiger charge is -2.41. The van der Waals surface area contributed by atoms with E-state index in [4.69, 9.17) is 14.2 Å². The van der Waals surface area contributed by atoms with Crippen molar-refractivity contribution in [2.24, 2.45) is 4.99 Å². The van der Waals surface area contributed by atoms with E-state index in [0.29, 0.717) is 13.2 Å². The largest absolute Gasteiger partial charge is 0.486 e. The molecule has 1 atom stereocenters. The Hall–Kier alpha value is -1.26. The Morgan fingerprint density at radius 1 is 1.19 bits per heavy atom. The molecule has 0 spiro atoms. The molecule has 0 radical (unpaired) electrons. The van der Waals surface area contributed by atoms with Crippen LogP contribution in [0.4, 0.5) is 0 Å². The van der Waals surface area contributed by atoms with Crippen LogP contribution in [0.5, 0.6) is 11.5 Å². The molecular formula is C19H31IN4O3. The van der Waals surface area contributed by atoms with Crippen LogP contribution in [-0.2, 0) is 4.74 Å². The van der Waals surface area contributed by atoms with Crippen LogP contribution < -0.4 is 20.1 Å². The van der Waals surface area contributed by atoms with Crippen LogP contribution in [0, 0.1) is 0 Å². The van der Waals surface area contributed by atoms with E-state index >= 15 is 0 Å². The van der Waals surface area contributed by atoms with Crippen molar-refractivity contribution < 1.29 is 14.2 Å². The fourth-order valence-electron chi connectivity index (χ4n) is 3.18. The first kappa shape index (κ1) is 22.0. The number of rotatable bonds is 5. The zero-order valence-corrected chi connectivity index (χ0v) is 18.7. The van der Waals surface area contributed by atoms with Gasteiger partial charge in [-0.3, -0.25) is 9.89 Å². The lowest BCUT2D eigenvalue weighted by Crippen LogP contribution is -2.57. The molecule has 1 unspecified atom stereocenters. The molecule has 8 heteroatoms. The molecule has 152 valence electrons. The van der Waals surface area contributed by atoms with E-state index in [1.54, 1.807) is 7.05 Å². The smallest absolute Gasteiger partial charge is 0.191 e. The van der Waals surface area contributed by atoms with Gasteiger partial charge in [-0.25, -0.2) is 0 Å². The Balaban J connectivity index is 0.00000261. The molecule has 7 nitrogen and oxygen atoms in total. The average Bonchev–Trinajstić information content (AvgIpc) is 2.68. The van der Waals surface area contributed by atoms with E-state index in [9.17, 15) is 0 Å². The third-order valence-corrected chi connectivity index (χ3v) is 4.84. The predicted molar refractivity (Wildman–Crippen MR) is 118 cm³/mol. The lowest BCUT2D eigenvalue weighted by atomic mass is 10.0.